The van der Waals surface area contributed by atoms with E-state index in [2.05, 4.69) is 21.2 Å². The van der Waals surface area contributed by atoms with Gasteiger partial charge in [0, 0.05) is 15.7 Å². The maximum atomic E-state index is 12.1. The summed E-state index contributed by atoms with van der Waals surface area (Å²) in [5, 5.41) is 2.89. The van der Waals surface area contributed by atoms with E-state index in [1.807, 2.05) is 56.3 Å². The Bertz CT molecular complexity index is 576. The predicted octanol–water partition coefficient (Wildman–Crippen LogP) is 4.32. The van der Waals surface area contributed by atoms with Gasteiger partial charge in [0.1, 0.15) is 0 Å². The van der Waals surface area contributed by atoms with Crippen LogP contribution in [0.1, 0.15) is 21.5 Å². The fourth-order valence-electron chi connectivity index (χ4n) is 1.73. The highest BCUT2D eigenvalue weighted by Crippen LogP contribution is 2.17. The first-order valence-corrected chi connectivity index (χ1v) is 6.50. The quantitative estimate of drug-likeness (QED) is 0.879. The molecule has 0 aliphatic carbocycles. The van der Waals surface area contributed by atoms with E-state index in [4.69, 9.17) is 0 Å². The zero-order valence-corrected chi connectivity index (χ0v) is 11.9. The number of hydrogen-bond acceptors (Lipinski definition) is 1. The lowest BCUT2D eigenvalue weighted by Gasteiger charge is -2.09. The largest absolute Gasteiger partial charge is 0.322 e. The van der Waals surface area contributed by atoms with Gasteiger partial charge in [0.25, 0.3) is 5.91 Å². The van der Waals surface area contributed by atoms with Crippen LogP contribution in [0, 0.1) is 13.8 Å². The van der Waals surface area contributed by atoms with E-state index in [1.54, 1.807) is 0 Å². The van der Waals surface area contributed by atoms with E-state index >= 15 is 0 Å². The van der Waals surface area contributed by atoms with Crippen LogP contribution >= 0.6 is 15.9 Å². The number of nitrogens with one attached hydrogen (secondary N) is 1. The lowest BCUT2D eigenvalue weighted by molar-refractivity contribution is 0.102. The second-order valence-electron chi connectivity index (χ2n) is 4.21. The summed E-state index contributed by atoms with van der Waals surface area (Å²) in [5.74, 6) is -0.0708. The molecule has 0 unspecified atom stereocenters. The molecule has 3 heteroatoms. The van der Waals surface area contributed by atoms with Crippen molar-refractivity contribution in [2.45, 2.75) is 13.8 Å². The Kier molecular flexibility index (Phi) is 3.82. The first kappa shape index (κ1) is 12.8. The smallest absolute Gasteiger partial charge is 0.255 e. The molecule has 92 valence electrons. The molecule has 1 amide bonds. The Morgan fingerprint density at radius 3 is 2.39 bits per heavy atom. The highest BCUT2D eigenvalue weighted by Gasteiger charge is 2.09. The monoisotopic (exact) mass is 303 g/mol. The SMILES string of the molecule is Cc1cccc(C(=O)Nc2ccc(Br)cc2)c1C. The zero-order valence-electron chi connectivity index (χ0n) is 10.3. The molecular formula is C15H14BrNO. The molecule has 0 spiro atoms. The molecule has 18 heavy (non-hydrogen) atoms. The van der Waals surface area contributed by atoms with Gasteiger partial charge in [0.15, 0.2) is 0 Å². The molecular weight excluding hydrogens is 290 g/mol. The Morgan fingerprint density at radius 2 is 1.72 bits per heavy atom. The van der Waals surface area contributed by atoms with Crippen LogP contribution in [0.3, 0.4) is 0 Å². The van der Waals surface area contributed by atoms with Crippen LogP contribution in [-0.2, 0) is 0 Å². The lowest BCUT2D eigenvalue weighted by atomic mass is 10.0. The van der Waals surface area contributed by atoms with E-state index in [1.165, 1.54) is 0 Å². The maximum absolute atomic E-state index is 12.1. The molecule has 2 rings (SSSR count). The molecule has 0 atom stereocenters. The number of halogens is 1. The van der Waals surface area contributed by atoms with Crippen molar-refractivity contribution in [3.8, 4) is 0 Å². The van der Waals surface area contributed by atoms with Gasteiger partial charge < -0.3 is 5.32 Å². The average molecular weight is 304 g/mol. The normalized spacial score (nSPS) is 10.2. The van der Waals surface area contributed by atoms with Crippen LogP contribution in [0.5, 0.6) is 0 Å². The first-order valence-electron chi connectivity index (χ1n) is 5.71. The minimum absolute atomic E-state index is 0.0708. The summed E-state index contributed by atoms with van der Waals surface area (Å²) >= 11 is 3.37. The number of carbonyl (C=O) groups is 1. The topological polar surface area (TPSA) is 29.1 Å². The summed E-state index contributed by atoms with van der Waals surface area (Å²) in [6.45, 7) is 3.97. The average Bonchev–Trinajstić information content (AvgIpc) is 2.35. The van der Waals surface area contributed by atoms with Gasteiger partial charge in [-0.25, -0.2) is 0 Å². The van der Waals surface area contributed by atoms with E-state index in [0.717, 1.165) is 26.9 Å². The van der Waals surface area contributed by atoms with Crippen molar-refractivity contribution in [3.05, 3.63) is 63.6 Å². The van der Waals surface area contributed by atoms with Crippen molar-refractivity contribution < 1.29 is 4.79 Å². The van der Waals surface area contributed by atoms with Crippen LogP contribution in [-0.4, -0.2) is 5.91 Å². The molecule has 0 heterocycles. The molecule has 2 aromatic carbocycles. The number of hydrogen-bond donors (Lipinski definition) is 1. The summed E-state index contributed by atoms with van der Waals surface area (Å²) in [6.07, 6.45) is 0. The number of amides is 1. The molecule has 1 N–H and O–H groups in total. The van der Waals surface area contributed by atoms with E-state index in [9.17, 15) is 4.79 Å². The Hall–Kier alpha value is -1.61. The van der Waals surface area contributed by atoms with Gasteiger partial charge in [0.2, 0.25) is 0 Å². The van der Waals surface area contributed by atoms with Crippen molar-refractivity contribution in [2.75, 3.05) is 5.32 Å². The van der Waals surface area contributed by atoms with Crippen molar-refractivity contribution in [1.29, 1.82) is 0 Å². The molecule has 0 saturated carbocycles. The third-order valence-corrected chi connectivity index (χ3v) is 3.48. The number of aryl methyl sites for hydroxylation is 1. The van der Waals surface area contributed by atoms with Crippen molar-refractivity contribution in [2.24, 2.45) is 0 Å². The molecule has 0 radical (unpaired) electrons. The summed E-state index contributed by atoms with van der Waals surface area (Å²) in [6, 6.07) is 13.3. The zero-order chi connectivity index (χ0) is 13.1. The predicted molar refractivity (Wildman–Crippen MR) is 78.0 cm³/mol. The van der Waals surface area contributed by atoms with E-state index < -0.39 is 0 Å². The van der Waals surface area contributed by atoms with Crippen LogP contribution in [0.25, 0.3) is 0 Å². The molecule has 0 fully saturated rings. The highest BCUT2D eigenvalue weighted by molar-refractivity contribution is 9.10. The van der Waals surface area contributed by atoms with Gasteiger partial charge in [-0.15, -0.1) is 0 Å². The summed E-state index contributed by atoms with van der Waals surface area (Å²) in [5.41, 5.74) is 3.66. The van der Waals surface area contributed by atoms with Gasteiger partial charge >= 0.3 is 0 Å². The Balaban J connectivity index is 2.22. The first-order chi connectivity index (χ1) is 8.58. The molecule has 2 nitrogen and oxygen atoms in total. The summed E-state index contributed by atoms with van der Waals surface area (Å²) in [4.78, 5) is 12.1. The lowest BCUT2D eigenvalue weighted by Crippen LogP contribution is -2.13. The van der Waals surface area contributed by atoms with Crippen molar-refractivity contribution in [1.82, 2.24) is 0 Å². The second kappa shape index (κ2) is 5.36. The van der Waals surface area contributed by atoms with Crippen molar-refractivity contribution in [3.63, 3.8) is 0 Å². The van der Waals surface area contributed by atoms with Crippen LogP contribution in [0.15, 0.2) is 46.9 Å². The fourth-order valence-corrected chi connectivity index (χ4v) is 1.99. The van der Waals surface area contributed by atoms with Gasteiger partial charge in [-0.1, -0.05) is 28.1 Å². The number of benzene rings is 2. The molecule has 2 aromatic rings. The van der Waals surface area contributed by atoms with Crippen LogP contribution < -0.4 is 5.32 Å². The molecule has 0 aliphatic rings. The van der Waals surface area contributed by atoms with E-state index in [-0.39, 0.29) is 5.91 Å². The molecule has 0 bridgehead atoms. The minimum Gasteiger partial charge on any atom is -0.322 e. The van der Waals surface area contributed by atoms with Gasteiger partial charge in [0.05, 0.1) is 0 Å². The van der Waals surface area contributed by atoms with Gasteiger partial charge in [-0.05, 0) is 55.3 Å². The Labute approximate surface area is 115 Å². The fraction of sp³-hybridized carbons (Fsp3) is 0.133. The van der Waals surface area contributed by atoms with E-state index in [0.29, 0.717) is 0 Å². The van der Waals surface area contributed by atoms with Crippen LogP contribution in [0.2, 0.25) is 0 Å². The third kappa shape index (κ3) is 2.79. The number of carbonyl (C=O) groups excluding carboxylic acids is 1. The van der Waals surface area contributed by atoms with Gasteiger partial charge in [-0.2, -0.15) is 0 Å². The minimum atomic E-state index is -0.0708. The number of anilines is 1. The maximum Gasteiger partial charge on any atom is 0.255 e. The Morgan fingerprint density at radius 1 is 1.06 bits per heavy atom. The number of rotatable bonds is 2. The molecule has 0 saturated heterocycles. The second-order valence-corrected chi connectivity index (χ2v) is 5.12. The van der Waals surface area contributed by atoms with Crippen molar-refractivity contribution >= 4 is 27.5 Å². The third-order valence-electron chi connectivity index (χ3n) is 2.95. The highest BCUT2D eigenvalue weighted by atomic mass is 79.9. The summed E-state index contributed by atoms with van der Waals surface area (Å²) < 4.78 is 0.993. The molecule has 0 aromatic heterocycles. The standard InChI is InChI=1S/C15H14BrNO/c1-10-4-3-5-14(11(10)2)15(18)17-13-8-6-12(16)7-9-13/h3-9H,1-2H3,(H,17,18). The summed E-state index contributed by atoms with van der Waals surface area (Å²) in [7, 11) is 0. The van der Waals surface area contributed by atoms with Gasteiger partial charge in [-0.3, -0.25) is 4.79 Å². The molecule has 0 aliphatic heterocycles. The van der Waals surface area contributed by atoms with Crippen LogP contribution in [0.4, 0.5) is 5.69 Å².